The van der Waals surface area contributed by atoms with Gasteiger partial charge in [0.1, 0.15) is 0 Å². The van der Waals surface area contributed by atoms with Crippen LogP contribution in [0, 0.1) is 5.92 Å². The van der Waals surface area contributed by atoms with Crippen LogP contribution in [0.1, 0.15) is 38.3 Å². The van der Waals surface area contributed by atoms with Crippen LogP contribution < -0.4 is 5.32 Å². The summed E-state index contributed by atoms with van der Waals surface area (Å²) < 4.78 is 26.8. The minimum atomic E-state index is -3.40. The highest BCUT2D eigenvalue weighted by Gasteiger charge is 2.22. The van der Waals surface area contributed by atoms with E-state index in [9.17, 15) is 8.42 Å². The second-order valence-electron chi connectivity index (χ2n) is 5.61. The SMILES string of the molecule is CCc1ccc(S(=O)(=O)N(C)CC(C)CC)cc1CNC. The molecule has 0 spiro atoms. The number of benzene rings is 1. The zero-order valence-corrected chi connectivity index (χ0v) is 14.6. The third-order valence-corrected chi connectivity index (χ3v) is 5.72. The topological polar surface area (TPSA) is 49.4 Å². The molecule has 0 aliphatic rings. The van der Waals surface area contributed by atoms with Gasteiger partial charge in [-0.25, -0.2) is 12.7 Å². The lowest BCUT2D eigenvalue weighted by Crippen LogP contribution is -2.31. The van der Waals surface area contributed by atoms with Crippen molar-refractivity contribution in [1.82, 2.24) is 9.62 Å². The Kier molecular flexibility index (Phi) is 6.84. The smallest absolute Gasteiger partial charge is 0.242 e. The zero-order valence-electron chi connectivity index (χ0n) is 13.8. The third-order valence-electron chi connectivity index (χ3n) is 3.90. The van der Waals surface area contributed by atoms with E-state index in [2.05, 4.69) is 26.1 Å². The van der Waals surface area contributed by atoms with Crippen molar-refractivity contribution in [2.24, 2.45) is 5.92 Å². The molecule has 0 heterocycles. The number of nitrogens with zero attached hydrogens (tertiary/aromatic N) is 1. The maximum atomic E-state index is 12.6. The molecule has 0 amide bonds. The van der Waals surface area contributed by atoms with Crippen LogP contribution >= 0.6 is 0 Å². The van der Waals surface area contributed by atoms with E-state index >= 15 is 0 Å². The van der Waals surface area contributed by atoms with Crippen molar-refractivity contribution in [1.29, 1.82) is 0 Å². The van der Waals surface area contributed by atoms with Crippen molar-refractivity contribution in [3.05, 3.63) is 29.3 Å². The fourth-order valence-corrected chi connectivity index (χ4v) is 3.65. The van der Waals surface area contributed by atoms with Crippen molar-refractivity contribution in [3.63, 3.8) is 0 Å². The largest absolute Gasteiger partial charge is 0.316 e. The maximum Gasteiger partial charge on any atom is 0.242 e. The molecule has 1 rings (SSSR count). The number of hydrogen-bond acceptors (Lipinski definition) is 3. The molecule has 1 unspecified atom stereocenters. The van der Waals surface area contributed by atoms with E-state index in [0.717, 1.165) is 18.4 Å². The first-order valence-electron chi connectivity index (χ1n) is 7.59. The van der Waals surface area contributed by atoms with Gasteiger partial charge < -0.3 is 5.32 Å². The van der Waals surface area contributed by atoms with Gasteiger partial charge in [-0.15, -0.1) is 0 Å². The number of sulfonamides is 1. The summed E-state index contributed by atoms with van der Waals surface area (Å²) in [4.78, 5) is 0.385. The molecule has 0 aliphatic carbocycles. The molecule has 0 bridgehead atoms. The molecule has 0 radical (unpaired) electrons. The molecule has 0 saturated heterocycles. The quantitative estimate of drug-likeness (QED) is 0.803. The Morgan fingerprint density at radius 1 is 1.24 bits per heavy atom. The normalized spacial score (nSPS) is 13.6. The summed E-state index contributed by atoms with van der Waals surface area (Å²) in [5, 5.41) is 3.10. The van der Waals surface area contributed by atoms with Gasteiger partial charge in [0.05, 0.1) is 4.90 Å². The Balaban J connectivity index is 3.10. The van der Waals surface area contributed by atoms with Crippen molar-refractivity contribution in [2.75, 3.05) is 20.6 Å². The second-order valence-corrected chi connectivity index (χ2v) is 7.66. The van der Waals surface area contributed by atoms with E-state index in [1.165, 1.54) is 9.87 Å². The summed E-state index contributed by atoms with van der Waals surface area (Å²) in [7, 11) is 0.126. The van der Waals surface area contributed by atoms with Crippen LogP contribution in [0.5, 0.6) is 0 Å². The molecule has 1 aromatic rings. The standard InChI is InChI=1S/C16H28N2O2S/c1-6-13(3)12-18(5)21(19,20)16-9-8-14(7-2)15(10-16)11-17-4/h8-10,13,17H,6-7,11-12H2,1-5H3. The first kappa shape index (κ1) is 18.1. The van der Waals surface area contributed by atoms with E-state index in [1.54, 1.807) is 19.2 Å². The summed E-state index contributed by atoms with van der Waals surface area (Å²) >= 11 is 0. The molecular weight excluding hydrogens is 284 g/mol. The Morgan fingerprint density at radius 3 is 2.43 bits per heavy atom. The Morgan fingerprint density at radius 2 is 1.90 bits per heavy atom. The molecule has 0 saturated carbocycles. The van der Waals surface area contributed by atoms with E-state index in [-0.39, 0.29) is 0 Å². The summed E-state index contributed by atoms with van der Waals surface area (Å²) in [6, 6.07) is 5.45. The van der Waals surface area contributed by atoms with Crippen LogP contribution in [0.4, 0.5) is 0 Å². The third kappa shape index (κ3) is 4.53. The van der Waals surface area contributed by atoms with Crippen LogP contribution in [-0.4, -0.2) is 33.4 Å². The number of nitrogens with one attached hydrogen (secondary N) is 1. The molecule has 21 heavy (non-hydrogen) atoms. The van der Waals surface area contributed by atoms with E-state index in [0.29, 0.717) is 23.9 Å². The van der Waals surface area contributed by atoms with Crippen LogP contribution in [0.15, 0.2) is 23.1 Å². The molecule has 0 fully saturated rings. The molecule has 1 atom stereocenters. The average molecular weight is 312 g/mol. The van der Waals surface area contributed by atoms with Crippen LogP contribution in [0.2, 0.25) is 0 Å². The van der Waals surface area contributed by atoms with Gasteiger partial charge in [-0.3, -0.25) is 0 Å². The van der Waals surface area contributed by atoms with Gasteiger partial charge in [-0.05, 0) is 42.6 Å². The van der Waals surface area contributed by atoms with Crippen molar-refractivity contribution < 1.29 is 8.42 Å². The number of rotatable bonds is 8. The monoisotopic (exact) mass is 312 g/mol. The lowest BCUT2D eigenvalue weighted by Gasteiger charge is -2.21. The van der Waals surface area contributed by atoms with Crippen molar-refractivity contribution in [3.8, 4) is 0 Å². The molecule has 120 valence electrons. The fraction of sp³-hybridized carbons (Fsp3) is 0.625. The average Bonchev–Trinajstić information content (AvgIpc) is 2.47. The van der Waals surface area contributed by atoms with E-state index in [4.69, 9.17) is 0 Å². The number of aryl methyl sites for hydroxylation is 1. The summed E-state index contributed by atoms with van der Waals surface area (Å²) in [6.45, 7) is 7.46. The van der Waals surface area contributed by atoms with Crippen LogP contribution in [-0.2, 0) is 23.0 Å². The molecule has 5 heteroatoms. The van der Waals surface area contributed by atoms with Gasteiger partial charge in [0.25, 0.3) is 0 Å². The van der Waals surface area contributed by atoms with Crippen molar-refractivity contribution in [2.45, 2.75) is 45.1 Å². The minimum Gasteiger partial charge on any atom is -0.316 e. The number of hydrogen-bond donors (Lipinski definition) is 1. The molecule has 1 N–H and O–H groups in total. The predicted molar refractivity (Wildman–Crippen MR) is 87.9 cm³/mol. The van der Waals surface area contributed by atoms with E-state index < -0.39 is 10.0 Å². The van der Waals surface area contributed by atoms with Crippen molar-refractivity contribution >= 4 is 10.0 Å². The first-order valence-corrected chi connectivity index (χ1v) is 9.03. The van der Waals surface area contributed by atoms with E-state index in [1.807, 2.05) is 13.1 Å². The van der Waals surface area contributed by atoms with Gasteiger partial charge in [-0.2, -0.15) is 0 Å². The van der Waals surface area contributed by atoms with Gasteiger partial charge in [-0.1, -0.05) is 33.3 Å². The van der Waals surface area contributed by atoms with Gasteiger partial charge in [0.15, 0.2) is 0 Å². The highest BCUT2D eigenvalue weighted by Crippen LogP contribution is 2.20. The molecule has 1 aromatic carbocycles. The summed E-state index contributed by atoms with van der Waals surface area (Å²) in [5.74, 6) is 0.358. The molecule has 0 aromatic heterocycles. The summed E-state index contributed by atoms with van der Waals surface area (Å²) in [5.41, 5.74) is 2.24. The second kappa shape index (κ2) is 7.92. The van der Waals surface area contributed by atoms with Crippen LogP contribution in [0.3, 0.4) is 0 Å². The maximum absolute atomic E-state index is 12.6. The molecule has 4 nitrogen and oxygen atoms in total. The van der Waals surface area contributed by atoms with Crippen LogP contribution in [0.25, 0.3) is 0 Å². The minimum absolute atomic E-state index is 0.358. The summed E-state index contributed by atoms with van der Waals surface area (Å²) in [6.07, 6.45) is 1.87. The predicted octanol–water partition coefficient (Wildman–Crippen LogP) is 2.64. The lowest BCUT2D eigenvalue weighted by atomic mass is 10.1. The zero-order chi connectivity index (χ0) is 16.0. The first-order chi connectivity index (χ1) is 9.86. The molecule has 0 aliphatic heterocycles. The van der Waals surface area contributed by atoms with Gasteiger partial charge in [0.2, 0.25) is 10.0 Å². The molecular formula is C16H28N2O2S. The fourth-order valence-electron chi connectivity index (χ4n) is 2.31. The Labute approximate surface area is 129 Å². The van der Waals surface area contributed by atoms with Gasteiger partial charge >= 0.3 is 0 Å². The lowest BCUT2D eigenvalue weighted by molar-refractivity contribution is 0.393. The highest BCUT2D eigenvalue weighted by molar-refractivity contribution is 7.89. The Bertz CT molecular complexity index is 555. The highest BCUT2D eigenvalue weighted by atomic mass is 32.2. The Hall–Kier alpha value is -0.910. The van der Waals surface area contributed by atoms with Gasteiger partial charge in [0, 0.05) is 20.1 Å².